The van der Waals surface area contributed by atoms with Crippen LogP contribution >= 0.6 is 0 Å². The van der Waals surface area contributed by atoms with E-state index in [1.54, 1.807) is 6.07 Å². The second-order valence-corrected chi connectivity index (χ2v) is 4.87. The highest BCUT2D eigenvalue weighted by Gasteiger charge is 2.24. The van der Waals surface area contributed by atoms with Gasteiger partial charge >= 0.3 is 5.97 Å². The van der Waals surface area contributed by atoms with Crippen LogP contribution in [0.5, 0.6) is 0 Å². The molecule has 1 aromatic heterocycles. The molecular weight excluding hydrogens is 248 g/mol. The fraction of sp³-hybridized carbons (Fsp3) is 0.538. The van der Waals surface area contributed by atoms with Gasteiger partial charge in [0, 0.05) is 12.0 Å². The first-order chi connectivity index (χ1) is 9.06. The molecule has 1 fully saturated rings. The summed E-state index contributed by atoms with van der Waals surface area (Å²) in [5, 5.41) is 14.8. The molecule has 1 aromatic rings. The Hall–Kier alpha value is -1.82. The number of carboxylic acids is 1. The normalized spacial score (nSPS) is 23.0. The molecule has 3 N–H and O–H groups in total. The molecule has 0 aromatic carbocycles. The van der Waals surface area contributed by atoms with Crippen molar-refractivity contribution in [1.29, 1.82) is 0 Å². The van der Waals surface area contributed by atoms with E-state index in [-0.39, 0.29) is 24.1 Å². The summed E-state index contributed by atoms with van der Waals surface area (Å²) in [6.45, 7) is 3.14. The summed E-state index contributed by atoms with van der Waals surface area (Å²) in [5.41, 5.74) is 0. The Morgan fingerprint density at radius 1 is 1.53 bits per heavy atom. The van der Waals surface area contributed by atoms with Crippen molar-refractivity contribution in [3.8, 4) is 0 Å². The van der Waals surface area contributed by atoms with E-state index >= 15 is 0 Å². The van der Waals surface area contributed by atoms with Crippen LogP contribution in [-0.2, 0) is 11.3 Å². The van der Waals surface area contributed by atoms with Crippen molar-refractivity contribution in [2.45, 2.75) is 32.4 Å². The van der Waals surface area contributed by atoms with Crippen molar-refractivity contribution in [2.24, 2.45) is 5.92 Å². The van der Waals surface area contributed by atoms with E-state index in [9.17, 15) is 9.59 Å². The Kier molecular flexibility index (Phi) is 4.21. The molecule has 0 spiro atoms. The van der Waals surface area contributed by atoms with Gasteiger partial charge in [-0.1, -0.05) is 0 Å². The number of piperidine rings is 1. The highest BCUT2D eigenvalue weighted by molar-refractivity contribution is 5.84. The molecule has 0 saturated carbocycles. The SMILES string of the molecule is CC1CC(C(=O)NCc2ccc(C(=O)O)o2)CCN1. The van der Waals surface area contributed by atoms with Crippen LogP contribution in [-0.4, -0.2) is 29.6 Å². The van der Waals surface area contributed by atoms with E-state index in [1.807, 2.05) is 0 Å². The molecule has 0 bridgehead atoms. The van der Waals surface area contributed by atoms with Crippen LogP contribution in [0.1, 0.15) is 36.1 Å². The van der Waals surface area contributed by atoms with E-state index in [1.165, 1.54) is 6.07 Å². The Morgan fingerprint density at radius 2 is 2.32 bits per heavy atom. The number of carbonyl (C=O) groups excluding carboxylic acids is 1. The van der Waals surface area contributed by atoms with Crippen LogP contribution < -0.4 is 10.6 Å². The Balaban J connectivity index is 1.84. The molecule has 0 aliphatic carbocycles. The molecule has 19 heavy (non-hydrogen) atoms. The summed E-state index contributed by atoms with van der Waals surface area (Å²) in [6, 6.07) is 3.30. The molecule has 2 unspecified atom stereocenters. The third-order valence-corrected chi connectivity index (χ3v) is 3.30. The van der Waals surface area contributed by atoms with Crippen LogP contribution in [0.3, 0.4) is 0 Å². The van der Waals surface area contributed by atoms with Gasteiger partial charge in [0.05, 0.1) is 6.54 Å². The van der Waals surface area contributed by atoms with Gasteiger partial charge in [0.25, 0.3) is 0 Å². The maximum absolute atomic E-state index is 12.0. The first kappa shape index (κ1) is 13.6. The average molecular weight is 266 g/mol. The van der Waals surface area contributed by atoms with E-state index in [2.05, 4.69) is 17.6 Å². The van der Waals surface area contributed by atoms with Crippen molar-refractivity contribution in [2.75, 3.05) is 6.54 Å². The van der Waals surface area contributed by atoms with Gasteiger partial charge in [-0.2, -0.15) is 0 Å². The predicted octanol–water partition coefficient (Wildman–Crippen LogP) is 0.982. The highest BCUT2D eigenvalue weighted by Crippen LogP contribution is 2.16. The number of nitrogens with one attached hydrogen (secondary N) is 2. The van der Waals surface area contributed by atoms with Crippen molar-refractivity contribution >= 4 is 11.9 Å². The topological polar surface area (TPSA) is 91.6 Å². The summed E-state index contributed by atoms with van der Waals surface area (Å²) in [5.74, 6) is -0.746. The Bertz CT molecular complexity index is 469. The summed E-state index contributed by atoms with van der Waals surface area (Å²) < 4.78 is 5.08. The molecule has 1 aliphatic rings. The van der Waals surface area contributed by atoms with Crippen molar-refractivity contribution in [3.05, 3.63) is 23.7 Å². The van der Waals surface area contributed by atoms with Gasteiger partial charge in [-0.3, -0.25) is 4.79 Å². The number of rotatable bonds is 4. The van der Waals surface area contributed by atoms with Crippen molar-refractivity contribution in [1.82, 2.24) is 10.6 Å². The van der Waals surface area contributed by atoms with Gasteiger partial charge < -0.3 is 20.2 Å². The minimum absolute atomic E-state index is 0.00150. The van der Waals surface area contributed by atoms with Gasteiger partial charge in [0.2, 0.25) is 11.7 Å². The molecule has 104 valence electrons. The molecule has 1 aliphatic heterocycles. The number of carbonyl (C=O) groups is 2. The predicted molar refractivity (Wildman–Crippen MR) is 67.7 cm³/mol. The zero-order chi connectivity index (χ0) is 13.8. The largest absolute Gasteiger partial charge is 0.475 e. The first-order valence-electron chi connectivity index (χ1n) is 6.39. The monoisotopic (exact) mass is 266 g/mol. The van der Waals surface area contributed by atoms with Crippen LogP contribution in [0, 0.1) is 5.92 Å². The number of hydrogen-bond donors (Lipinski definition) is 3. The van der Waals surface area contributed by atoms with E-state index in [4.69, 9.17) is 9.52 Å². The fourth-order valence-electron chi connectivity index (χ4n) is 2.28. The number of carboxylic acid groups (broad SMARTS) is 1. The molecule has 1 saturated heterocycles. The summed E-state index contributed by atoms with van der Waals surface area (Å²) in [4.78, 5) is 22.6. The Labute approximate surface area is 111 Å². The van der Waals surface area contributed by atoms with Gasteiger partial charge in [-0.25, -0.2) is 4.79 Å². The van der Waals surface area contributed by atoms with Gasteiger partial charge in [0.15, 0.2) is 0 Å². The molecular formula is C13H18N2O4. The van der Waals surface area contributed by atoms with Crippen LogP contribution in [0.4, 0.5) is 0 Å². The highest BCUT2D eigenvalue weighted by atomic mass is 16.4. The van der Waals surface area contributed by atoms with Gasteiger partial charge in [-0.05, 0) is 38.4 Å². The second kappa shape index (κ2) is 5.88. The number of furan rings is 1. The summed E-state index contributed by atoms with van der Waals surface area (Å²) >= 11 is 0. The molecule has 6 heteroatoms. The lowest BCUT2D eigenvalue weighted by molar-refractivity contribution is -0.126. The fourth-order valence-corrected chi connectivity index (χ4v) is 2.28. The third-order valence-electron chi connectivity index (χ3n) is 3.30. The zero-order valence-electron chi connectivity index (χ0n) is 10.8. The van der Waals surface area contributed by atoms with Crippen LogP contribution in [0.2, 0.25) is 0 Å². The minimum Gasteiger partial charge on any atom is -0.475 e. The van der Waals surface area contributed by atoms with Crippen LogP contribution in [0.25, 0.3) is 0 Å². The summed E-state index contributed by atoms with van der Waals surface area (Å²) in [7, 11) is 0. The smallest absolute Gasteiger partial charge is 0.371 e. The van der Waals surface area contributed by atoms with Crippen molar-refractivity contribution in [3.63, 3.8) is 0 Å². The summed E-state index contributed by atoms with van der Waals surface area (Å²) in [6.07, 6.45) is 1.65. The molecule has 2 heterocycles. The lowest BCUT2D eigenvalue weighted by Crippen LogP contribution is -2.42. The Morgan fingerprint density at radius 3 is 2.95 bits per heavy atom. The van der Waals surface area contributed by atoms with Gasteiger partial charge in [-0.15, -0.1) is 0 Å². The quantitative estimate of drug-likeness (QED) is 0.755. The molecule has 0 radical (unpaired) electrons. The van der Waals surface area contributed by atoms with E-state index in [0.29, 0.717) is 11.8 Å². The maximum atomic E-state index is 12.0. The van der Waals surface area contributed by atoms with Gasteiger partial charge in [0.1, 0.15) is 5.76 Å². The third kappa shape index (κ3) is 3.57. The molecule has 2 atom stereocenters. The number of hydrogen-bond acceptors (Lipinski definition) is 4. The van der Waals surface area contributed by atoms with E-state index < -0.39 is 5.97 Å². The maximum Gasteiger partial charge on any atom is 0.371 e. The van der Waals surface area contributed by atoms with Crippen molar-refractivity contribution < 1.29 is 19.1 Å². The van der Waals surface area contributed by atoms with E-state index in [0.717, 1.165) is 19.4 Å². The average Bonchev–Trinajstić information content (AvgIpc) is 2.85. The zero-order valence-corrected chi connectivity index (χ0v) is 10.8. The molecule has 1 amide bonds. The standard InChI is InChI=1S/C13H18N2O4/c1-8-6-9(4-5-14-8)12(16)15-7-10-2-3-11(19-10)13(17)18/h2-3,8-9,14H,4-7H2,1H3,(H,15,16)(H,17,18). The van der Waals surface area contributed by atoms with Crippen LogP contribution in [0.15, 0.2) is 16.5 Å². The minimum atomic E-state index is -1.11. The number of amides is 1. The molecule has 2 rings (SSSR count). The first-order valence-corrected chi connectivity index (χ1v) is 6.39. The lowest BCUT2D eigenvalue weighted by atomic mass is 9.92. The lowest BCUT2D eigenvalue weighted by Gasteiger charge is -2.26. The number of aromatic carboxylic acids is 1. The second-order valence-electron chi connectivity index (χ2n) is 4.87. The molecule has 6 nitrogen and oxygen atoms in total.